The first-order valence-corrected chi connectivity index (χ1v) is 8.21. The van der Waals surface area contributed by atoms with Gasteiger partial charge in [-0.15, -0.1) is 11.3 Å². The van der Waals surface area contributed by atoms with Gasteiger partial charge in [-0.25, -0.2) is 9.78 Å². The minimum absolute atomic E-state index is 0.351. The van der Waals surface area contributed by atoms with E-state index in [1.165, 1.54) is 11.3 Å². The van der Waals surface area contributed by atoms with Crippen LogP contribution in [-0.4, -0.2) is 17.6 Å². The van der Waals surface area contributed by atoms with Gasteiger partial charge in [0.25, 0.3) is 0 Å². The third kappa shape index (κ3) is 3.63. The fourth-order valence-corrected chi connectivity index (χ4v) is 3.55. The predicted octanol–water partition coefficient (Wildman–Crippen LogP) is 4.75. The molecular formula is C15H17BrN2O2S. The summed E-state index contributed by atoms with van der Waals surface area (Å²) < 4.78 is 6.05. The Kier molecular flexibility index (Phi) is 5.00. The quantitative estimate of drug-likeness (QED) is 0.790. The summed E-state index contributed by atoms with van der Waals surface area (Å²) >= 11 is 4.93. The van der Waals surface area contributed by atoms with Crippen LogP contribution in [0.25, 0.3) is 0 Å². The summed E-state index contributed by atoms with van der Waals surface area (Å²) in [5, 5.41) is 4.00. The molecule has 2 aromatic rings. The van der Waals surface area contributed by atoms with Gasteiger partial charge in [-0.05, 0) is 51.0 Å². The van der Waals surface area contributed by atoms with Gasteiger partial charge in [0.15, 0.2) is 10.8 Å². The third-order valence-corrected chi connectivity index (χ3v) is 4.34. The van der Waals surface area contributed by atoms with E-state index in [-0.39, 0.29) is 5.97 Å². The Morgan fingerprint density at radius 3 is 2.52 bits per heavy atom. The largest absolute Gasteiger partial charge is 0.461 e. The van der Waals surface area contributed by atoms with E-state index < -0.39 is 0 Å². The Morgan fingerprint density at radius 2 is 1.95 bits per heavy atom. The number of nitrogens with zero attached hydrogens (tertiary/aromatic N) is 1. The van der Waals surface area contributed by atoms with Gasteiger partial charge in [-0.3, -0.25) is 0 Å². The number of carbonyl (C=O) groups is 1. The summed E-state index contributed by atoms with van der Waals surface area (Å²) in [6, 6.07) is 4.09. The second-order valence-electron chi connectivity index (χ2n) is 4.68. The zero-order valence-corrected chi connectivity index (χ0v) is 14.8. The summed E-state index contributed by atoms with van der Waals surface area (Å²) in [4.78, 5) is 17.0. The lowest BCUT2D eigenvalue weighted by Gasteiger charge is -2.11. The predicted molar refractivity (Wildman–Crippen MR) is 89.7 cm³/mol. The number of halogens is 1. The van der Waals surface area contributed by atoms with E-state index in [1.54, 1.807) is 6.92 Å². The molecule has 0 amide bonds. The molecule has 112 valence electrons. The van der Waals surface area contributed by atoms with Crippen molar-refractivity contribution in [2.75, 3.05) is 11.9 Å². The van der Waals surface area contributed by atoms with Crippen LogP contribution >= 0.6 is 27.3 Å². The summed E-state index contributed by atoms with van der Waals surface area (Å²) in [6.45, 7) is 8.08. The minimum Gasteiger partial charge on any atom is -0.461 e. The Labute approximate surface area is 136 Å². The van der Waals surface area contributed by atoms with Crippen LogP contribution in [-0.2, 0) is 4.74 Å². The molecular weight excluding hydrogens is 352 g/mol. The SMILES string of the molecule is CCOC(=O)c1nc(Nc2c(C)cc(Br)cc2C)sc1C. The Balaban J connectivity index is 2.29. The maximum atomic E-state index is 11.8. The number of carbonyl (C=O) groups excluding carboxylic acids is 1. The molecule has 6 heteroatoms. The number of hydrogen-bond donors (Lipinski definition) is 1. The van der Waals surface area contributed by atoms with Crippen molar-refractivity contribution in [1.29, 1.82) is 0 Å². The second-order valence-corrected chi connectivity index (χ2v) is 6.80. The number of aromatic nitrogens is 1. The lowest BCUT2D eigenvalue weighted by atomic mass is 10.1. The van der Waals surface area contributed by atoms with E-state index in [0.29, 0.717) is 17.4 Å². The molecule has 0 saturated carbocycles. The van der Waals surface area contributed by atoms with Crippen molar-refractivity contribution < 1.29 is 9.53 Å². The average Bonchev–Trinajstić information content (AvgIpc) is 2.75. The van der Waals surface area contributed by atoms with Crippen LogP contribution < -0.4 is 5.32 Å². The van der Waals surface area contributed by atoms with Gasteiger partial charge in [0.2, 0.25) is 0 Å². The average molecular weight is 369 g/mol. The van der Waals surface area contributed by atoms with Crippen LogP contribution in [0.2, 0.25) is 0 Å². The number of anilines is 2. The van der Waals surface area contributed by atoms with E-state index in [9.17, 15) is 4.79 Å². The Morgan fingerprint density at radius 1 is 1.33 bits per heavy atom. The number of ether oxygens (including phenoxy) is 1. The van der Waals surface area contributed by atoms with E-state index in [4.69, 9.17) is 4.74 Å². The van der Waals surface area contributed by atoms with Crippen LogP contribution in [0, 0.1) is 20.8 Å². The molecule has 0 aliphatic rings. The molecule has 0 saturated heterocycles. The van der Waals surface area contributed by atoms with Crippen molar-refractivity contribution in [3.05, 3.63) is 38.3 Å². The number of hydrogen-bond acceptors (Lipinski definition) is 5. The maximum absolute atomic E-state index is 11.8. The highest BCUT2D eigenvalue weighted by atomic mass is 79.9. The molecule has 0 aliphatic heterocycles. The molecule has 2 rings (SSSR count). The number of thiazole rings is 1. The standard InChI is InChI=1S/C15H17BrN2O2S/c1-5-20-14(19)13-10(4)21-15(18-13)17-12-8(2)6-11(16)7-9(12)3/h6-7H,5H2,1-4H3,(H,17,18). The highest BCUT2D eigenvalue weighted by Gasteiger charge is 2.17. The minimum atomic E-state index is -0.372. The van der Waals surface area contributed by atoms with E-state index >= 15 is 0 Å². The first-order valence-electron chi connectivity index (χ1n) is 6.60. The zero-order chi connectivity index (χ0) is 15.6. The van der Waals surface area contributed by atoms with Gasteiger partial charge in [0.05, 0.1) is 6.61 Å². The second kappa shape index (κ2) is 6.58. The summed E-state index contributed by atoms with van der Waals surface area (Å²) in [6.07, 6.45) is 0. The smallest absolute Gasteiger partial charge is 0.358 e. The van der Waals surface area contributed by atoms with Crippen LogP contribution in [0.5, 0.6) is 0 Å². The summed E-state index contributed by atoms with van der Waals surface area (Å²) in [5.74, 6) is -0.372. The van der Waals surface area contributed by atoms with Gasteiger partial charge in [-0.1, -0.05) is 15.9 Å². The lowest BCUT2D eigenvalue weighted by Crippen LogP contribution is -2.06. The van der Waals surface area contributed by atoms with Crippen molar-refractivity contribution in [2.45, 2.75) is 27.7 Å². The number of rotatable bonds is 4. The van der Waals surface area contributed by atoms with E-state index in [0.717, 1.165) is 26.2 Å². The van der Waals surface area contributed by atoms with Gasteiger partial charge >= 0.3 is 5.97 Å². The molecule has 0 spiro atoms. The van der Waals surface area contributed by atoms with Gasteiger partial charge in [0, 0.05) is 15.0 Å². The fraction of sp³-hybridized carbons (Fsp3) is 0.333. The molecule has 1 heterocycles. The molecule has 0 atom stereocenters. The topological polar surface area (TPSA) is 51.2 Å². The maximum Gasteiger partial charge on any atom is 0.358 e. The summed E-state index contributed by atoms with van der Waals surface area (Å²) in [7, 11) is 0. The molecule has 1 aromatic heterocycles. The van der Waals surface area contributed by atoms with E-state index in [1.807, 2.05) is 32.9 Å². The van der Waals surface area contributed by atoms with Crippen molar-refractivity contribution in [1.82, 2.24) is 4.98 Å². The van der Waals surface area contributed by atoms with Crippen LogP contribution in [0.1, 0.15) is 33.4 Å². The monoisotopic (exact) mass is 368 g/mol. The molecule has 0 unspecified atom stereocenters. The third-order valence-electron chi connectivity index (χ3n) is 2.99. The molecule has 21 heavy (non-hydrogen) atoms. The highest BCUT2D eigenvalue weighted by molar-refractivity contribution is 9.10. The van der Waals surface area contributed by atoms with Gasteiger partial charge in [-0.2, -0.15) is 0 Å². The normalized spacial score (nSPS) is 10.5. The Bertz CT molecular complexity index is 659. The highest BCUT2D eigenvalue weighted by Crippen LogP contribution is 2.31. The van der Waals surface area contributed by atoms with Crippen LogP contribution in [0.4, 0.5) is 10.8 Å². The van der Waals surface area contributed by atoms with Crippen molar-refractivity contribution in [2.24, 2.45) is 0 Å². The van der Waals surface area contributed by atoms with Gasteiger partial charge in [0.1, 0.15) is 0 Å². The molecule has 4 nitrogen and oxygen atoms in total. The van der Waals surface area contributed by atoms with Crippen molar-refractivity contribution >= 4 is 44.1 Å². The van der Waals surface area contributed by atoms with Gasteiger partial charge < -0.3 is 10.1 Å². The van der Waals surface area contributed by atoms with Crippen LogP contribution in [0.3, 0.4) is 0 Å². The number of aryl methyl sites for hydroxylation is 3. The fourth-order valence-electron chi connectivity index (χ4n) is 2.05. The first kappa shape index (κ1) is 16.0. The molecule has 0 aliphatic carbocycles. The summed E-state index contributed by atoms with van der Waals surface area (Å²) in [5.41, 5.74) is 3.64. The molecule has 1 N–H and O–H groups in total. The Hall–Kier alpha value is -1.40. The zero-order valence-electron chi connectivity index (χ0n) is 12.4. The molecule has 0 bridgehead atoms. The molecule has 1 aromatic carbocycles. The van der Waals surface area contributed by atoms with Crippen molar-refractivity contribution in [3.63, 3.8) is 0 Å². The number of esters is 1. The first-order chi connectivity index (χ1) is 9.92. The van der Waals surface area contributed by atoms with E-state index in [2.05, 4.69) is 26.2 Å². The number of benzene rings is 1. The van der Waals surface area contributed by atoms with Crippen LogP contribution in [0.15, 0.2) is 16.6 Å². The molecule has 0 radical (unpaired) electrons. The van der Waals surface area contributed by atoms with Crippen molar-refractivity contribution in [3.8, 4) is 0 Å². The lowest BCUT2D eigenvalue weighted by molar-refractivity contribution is 0.0519. The number of nitrogens with one attached hydrogen (secondary N) is 1. The molecule has 0 fully saturated rings.